The molecule has 0 radical (unpaired) electrons. The van der Waals surface area contributed by atoms with Crippen LogP contribution in [-0.2, 0) is 28.7 Å². The van der Waals surface area contributed by atoms with E-state index in [0.29, 0.717) is 74.4 Å². The van der Waals surface area contributed by atoms with Crippen molar-refractivity contribution in [1.82, 2.24) is 0 Å². The van der Waals surface area contributed by atoms with Crippen molar-refractivity contribution in [3.05, 3.63) is 48.8 Å². The van der Waals surface area contributed by atoms with Crippen LogP contribution in [0.3, 0.4) is 0 Å². The molecule has 0 saturated heterocycles. The van der Waals surface area contributed by atoms with E-state index >= 15 is 4.39 Å². The Hall–Kier alpha value is -4.00. The Balaban J connectivity index is 1.04. The number of hydrogen-bond acceptors (Lipinski definition) is 9. The molecule has 0 heterocycles. The summed E-state index contributed by atoms with van der Waals surface area (Å²) in [5.41, 5.74) is -0.272. The van der Waals surface area contributed by atoms with Crippen LogP contribution < -0.4 is 9.47 Å². The third-order valence-corrected chi connectivity index (χ3v) is 13.3. The van der Waals surface area contributed by atoms with E-state index in [-0.39, 0.29) is 35.1 Å². The lowest BCUT2D eigenvalue weighted by molar-refractivity contribution is -0.143. The zero-order chi connectivity index (χ0) is 39.2. The molecule has 1 aromatic rings. The summed E-state index contributed by atoms with van der Waals surface area (Å²) in [5, 5.41) is 9.50. The van der Waals surface area contributed by atoms with E-state index in [4.69, 9.17) is 18.9 Å². The second-order valence-electron chi connectivity index (χ2n) is 16.5. The van der Waals surface area contributed by atoms with E-state index in [1.54, 1.807) is 6.07 Å². The number of nitriles is 1. The number of carbonyl (C=O) groups excluding carboxylic acids is 4. The lowest BCUT2D eigenvalue weighted by Gasteiger charge is -2.37. The van der Waals surface area contributed by atoms with Gasteiger partial charge in [0.2, 0.25) is 5.75 Å². The SMILES string of the molecule is C=CC(=O)OCCC[C@H]1CC[C@H]([C@H]2CC[C@H](C(=O)Oc3ccc(C#N)c(F)c3OC(=O)[C@H]3CC[C@H]([C@H]4CC[C@H](CCCOC(=O)C=C)CC4)CC3)CC2)CC1. The fourth-order valence-electron chi connectivity index (χ4n) is 9.93. The third-order valence-electron chi connectivity index (χ3n) is 13.3. The van der Waals surface area contributed by atoms with Crippen molar-refractivity contribution in [2.24, 2.45) is 47.3 Å². The first-order valence-corrected chi connectivity index (χ1v) is 20.9. The van der Waals surface area contributed by atoms with Crippen molar-refractivity contribution in [2.75, 3.05) is 13.2 Å². The van der Waals surface area contributed by atoms with Crippen LogP contribution in [-0.4, -0.2) is 37.1 Å². The maximum atomic E-state index is 15.5. The van der Waals surface area contributed by atoms with Gasteiger partial charge in [-0.25, -0.2) is 14.0 Å². The Morgan fingerprint density at radius 3 is 1.44 bits per heavy atom. The molecule has 1 aromatic carbocycles. The van der Waals surface area contributed by atoms with Crippen LogP contribution in [0.5, 0.6) is 11.5 Å². The highest BCUT2D eigenvalue weighted by Crippen LogP contribution is 2.45. The average Bonchev–Trinajstić information content (AvgIpc) is 3.22. The molecule has 4 aliphatic carbocycles. The molecular weight excluding hydrogens is 701 g/mol. The average molecular weight is 762 g/mol. The predicted octanol–water partition coefficient (Wildman–Crippen LogP) is 9.75. The first kappa shape index (κ1) is 42.1. The third kappa shape index (κ3) is 12.2. The highest BCUT2D eigenvalue weighted by Gasteiger charge is 2.36. The Morgan fingerprint density at radius 2 is 1.04 bits per heavy atom. The highest BCUT2D eigenvalue weighted by molar-refractivity contribution is 5.81. The molecule has 4 fully saturated rings. The van der Waals surface area contributed by atoms with E-state index in [0.717, 1.165) is 51.4 Å². The van der Waals surface area contributed by atoms with Gasteiger partial charge in [0, 0.05) is 12.2 Å². The molecule has 0 spiro atoms. The van der Waals surface area contributed by atoms with Gasteiger partial charge in [-0.1, -0.05) is 38.8 Å². The number of hydrogen-bond donors (Lipinski definition) is 0. The fourth-order valence-corrected chi connectivity index (χ4v) is 9.93. The zero-order valence-corrected chi connectivity index (χ0v) is 32.5. The number of rotatable bonds is 16. The number of halogens is 1. The van der Waals surface area contributed by atoms with Crippen LogP contribution in [0.4, 0.5) is 4.39 Å². The maximum absolute atomic E-state index is 15.5. The largest absolute Gasteiger partial charge is 0.463 e. The van der Waals surface area contributed by atoms with E-state index < -0.39 is 23.5 Å². The minimum absolute atomic E-state index is 0.154. The van der Waals surface area contributed by atoms with E-state index in [1.165, 1.54) is 75.7 Å². The smallest absolute Gasteiger partial charge is 0.330 e. The normalized spacial score (nSPS) is 28.1. The van der Waals surface area contributed by atoms with Crippen LogP contribution in [0.15, 0.2) is 37.4 Å². The van der Waals surface area contributed by atoms with Gasteiger partial charge in [-0.2, -0.15) is 5.26 Å². The molecule has 0 unspecified atom stereocenters. The van der Waals surface area contributed by atoms with Crippen molar-refractivity contribution in [3.8, 4) is 17.6 Å². The summed E-state index contributed by atoms with van der Waals surface area (Å²) in [6.07, 6.45) is 22.0. The summed E-state index contributed by atoms with van der Waals surface area (Å²) in [4.78, 5) is 49.3. The molecular formula is C45H60FNO8. The molecule has 10 heteroatoms. The van der Waals surface area contributed by atoms with Gasteiger partial charge < -0.3 is 18.9 Å². The van der Waals surface area contributed by atoms with Crippen LogP contribution in [0, 0.1) is 64.5 Å². The Bertz CT molecular complexity index is 1520. The molecule has 0 N–H and O–H groups in total. The molecule has 0 aromatic heterocycles. The van der Waals surface area contributed by atoms with Crippen molar-refractivity contribution in [1.29, 1.82) is 5.26 Å². The van der Waals surface area contributed by atoms with Gasteiger partial charge in [0.05, 0.1) is 30.6 Å². The van der Waals surface area contributed by atoms with Crippen molar-refractivity contribution >= 4 is 23.9 Å². The first-order chi connectivity index (χ1) is 26.7. The molecule has 0 amide bonds. The number of esters is 4. The van der Waals surface area contributed by atoms with Gasteiger partial charge in [-0.15, -0.1) is 0 Å². The van der Waals surface area contributed by atoms with E-state index in [9.17, 15) is 24.4 Å². The first-order valence-electron chi connectivity index (χ1n) is 20.9. The summed E-state index contributed by atoms with van der Waals surface area (Å²) in [6, 6.07) is 4.42. The van der Waals surface area contributed by atoms with Gasteiger partial charge in [0.25, 0.3) is 0 Å². The van der Waals surface area contributed by atoms with E-state index in [2.05, 4.69) is 13.2 Å². The van der Waals surface area contributed by atoms with Gasteiger partial charge in [-0.3, -0.25) is 9.59 Å². The lowest BCUT2D eigenvalue weighted by Crippen LogP contribution is -2.31. The van der Waals surface area contributed by atoms with Crippen LogP contribution in [0.1, 0.15) is 134 Å². The Morgan fingerprint density at radius 1 is 0.636 bits per heavy atom. The van der Waals surface area contributed by atoms with Crippen LogP contribution in [0.25, 0.3) is 0 Å². The summed E-state index contributed by atoms with van der Waals surface area (Å²) < 4.78 is 37.1. The maximum Gasteiger partial charge on any atom is 0.330 e. The number of carbonyl (C=O) groups is 4. The standard InChI is InChI=1S/C45H60FNO8/c1-3-40(48)52-27-5-7-30-9-13-32(14-10-30)34-17-21-36(22-18-34)44(50)54-39-26-25-38(29-47)42(46)43(39)55-45(51)37-23-19-35(20-24-37)33-15-11-31(12-16-33)8-6-28-53-41(49)4-2/h3-4,25-26,30-37H,1-2,5-24,27-28H2/t30-,31-,32-,33-,34-,35-,36-,37-. The van der Waals surface area contributed by atoms with Crippen molar-refractivity contribution in [3.63, 3.8) is 0 Å². The molecule has 0 bridgehead atoms. The number of nitrogens with zero attached hydrogens (tertiary/aromatic N) is 1. The fraction of sp³-hybridized carbons (Fsp3) is 0.667. The van der Waals surface area contributed by atoms with E-state index in [1.807, 2.05) is 0 Å². The quantitative estimate of drug-likeness (QED) is 0.0700. The Labute approximate surface area is 326 Å². The molecule has 4 aliphatic rings. The van der Waals surface area contributed by atoms with Gasteiger partial charge in [0.1, 0.15) is 6.07 Å². The second kappa shape index (κ2) is 21.3. The minimum Gasteiger partial charge on any atom is -0.463 e. The molecule has 4 saturated carbocycles. The highest BCUT2D eigenvalue weighted by atomic mass is 19.1. The monoisotopic (exact) mass is 761 g/mol. The van der Waals surface area contributed by atoms with Gasteiger partial charge in [-0.05, 0) is 150 Å². The molecule has 0 aliphatic heterocycles. The topological polar surface area (TPSA) is 129 Å². The van der Waals surface area contributed by atoms with Crippen LogP contribution in [0.2, 0.25) is 0 Å². The zero-order valence-electron chi connectivity index (χ0n) is 32.5. The summed E-state index contributed by atoms with van der Waals surface area (Å²) in [5.74, 6) is -0.345. The molecule has 55 heavy (non-hydrogen) atoms. The number of benzene rings is 1. The summed E-state index contributed by atoms with van der Waals surface area (Å²) in [6.45, 7) is 7.73. The minimum atomic E-state index is -0.984. The van der Waals surface area contributed by atoms with Gasteiger partial charge in [0.15, 0.2) is 11.6 Å². The van der Waals surface area contributed by atoms with Gasteiger partial charge >= 0.3 is 23.9 Å². The van der Waals surface area contributed by atoms with Crippen LogP contribution >= 0.6 is 0 Å². The van der Waals surface area contributed by atoms with Crippen molar-refractivity contribution < 1.29 is 42.5 Å². The summed E-state index contributed by atoms with van der Waals surface area (Å²) >= 11 is 0. The summed E-state index contributed by atoms with van der Waals surface area (Å²) in [7, 11) is 0. The molecule has 5 rings (SSSR count). The Kier molecular flexibility index (Phi) is 16.4. The predicted molar refractivity (Wildman–Crippen MR) is 205 cm³/mol. The molecule has 9 nitrogen and oxygen atoms in total. The molecule has 0 atom stereocenters. The second-order valence-corrected chi connectivity index (χ2v) is 16.5. The number of ether oxygens (including phenoxy) is 4. The lowest BCUT2D eigenvalue weighted by atomic mass is 9.68. The van der Waals surface area contributed by atoms with Crippen molar-refractivity contribution in [2.45, 2.75) is 128 Å². The molecule has 300 valence electrons.